The van der Waals surface area contributed by atoms with Crippen molar-refractivity contribution in [2.24, 2.45) is 0 Å². The van der Waals surface area contributed by atoms with Crippen molar-refractivity contribution in [2.45, 2.75) is 25.7 Å². The molecule has 0 heterocycles. The standard InChI is InChI=1S/C12H17ClO3/c1-12(2,15-3)16-11(8-14)9-5-4-6-10(13)7-9/h4-7,11,14H,8H2,1-3H3/t11-/m0/s1. The molecule has 3 nitrogen and oxygen atoms in total. The lowest BCUT2D eigenvalue weighted by Gasteiger charge is -2.28. The summed E-state index contributed by atoms with van der Waals surface area (Å²) in [4.78, 5) is 0. The SMILES string of the molecule is COC(C)(C)O[C@@H](CO)c1cccc(Cl)c1. The molecule has 0 saturated heterocycles. The normalized spacial score (nSPS) is 13.8. The van der Waals surface area contributed by atoms with E-state index < -0.39 is 11.9 Å². The Labute approximate surface area is 101 Å². The Kier molecular flexibility index (Phi) is 4.74. The van der Waals surface area contributed by atoms with Crippen LogP contribution in [0.2, 0.25) is 5.02 Å². The van der Waals surface area contributed by atoms with E-state index in [-0.39, 0.29) is 6.61 Å². The number of methoxy groups -OCH3 is 1. The number of aliphatic hydroxyl groups is 1. The molecule has 0 unspecified atom stereocenters. The van der Waals surface area contributed by atoms with Gasteiger partial charge in [-0.2, -0.15) is 0 Å². The van der Waals surface area contributed by atoms with Crippen molar-refractivity contribution < 1.29 is 14.6 Å². The molecule has 0 radical (unpaired) electrons. The van der Waals surface area contributed by atoms with Crippen molar-refractivity contribution in [2.75, 3.05) is 13.7 Å². The van der Waals surface area contributed by atoms with E-state index in [0.717, 1.165) is 5.56 Å². The second kappa shape index (κ2) is 5.64. The molecule has 0 amide bonds. The van der Waals surface area contributed by atoms with Gasteiger partial charge in [0.1, 0.15) is 6.10 Å². The first-order valence-corrected chi connectivity index (χ1v) is 5.45. The van der Waals surface area contributed by atoms with Crippen LogP contribution in [0.15, 0.2) is 24.3 Å². The maximum atomic E-state index is 9.31. The van der Waals surface area contributed by atoms with Gasteiger partial charge in [-0.25, -0.2) is 0 Å². The van der Waals surface area contributed by atoms with E-state index in [9.17, 15) is 5.11 Å². The number of halogens is 1. The minimum Gasteiger partial charge on any atom is -0.393 e. The smallest absolute Gasteiger partial charge is 0.163 e. The van der Waals surface area contributed by atoms with Crippen LogP contribution in [-0.2, 0) is 9.47 Å². The second-order valence-corrected chi connectivity index (χ2v) is 4.38. The molecular weight excluding hydrogens is 228 g/mol. The Balaban J connectivity index is 2.82. The zero-order valence-electron chi connectivity index (χ0n) is 9.74. The molecule has 1 N–H and O–H groups in total. The molecule has 0 aromatic heterocycles. The molecule has 1 rings (SSSR count). The highest BCUT2D eigenvalue weighted by atomic mass is 35.5. The van der Waals surface area contributed by atoms with E-state index in [1.165, 1.54) is 0 Å². The lowest BCUT2D eigenvalue weighted by molar-refractivity contribution is -0.231. The van der Waals surface area contributed by atoms with Gasteiger partial charge in [0, 0.05) is 12.1 Å². The fourth-order valence-electron chi connectivity index (χ4n) is 1.31. The van der Waals surface area contributed by atoms with Crippen LogP contribution in [0, 0.1) is 0 Å². The quantitative estimate of drug-likeness (QED) is 0.810. The summed E-state index contributed by atoms with van der Waals surface area (Å²) in [7, 11) is 1.56. The summed E-state index contributed by atoms with van der Waals surface area (Å²) in [5, 5.41) is 9.93. The predicted molar refractivity (Wildman–Crippen MR) is 63.5 cm³/mol. The van der Waals surface area contributed by atoms with Gasteiger partial charge < -0.3 is 14.6 Å². The van der Waals surface area contributed by atoms with Crippen LogP contribution in [-0.4, -0.2) is 24.6 Å². The highest BCUT2D eigenvalue weighted by Crippen LogP contribution is 2.25. The van der Waals surface area contributed by atoms with Crippen molar-refractivity contribution in [3.8, 4) is 0 Å². The maximum absolute atomic E-state index is 9.31. The summed E-state index contributed by atoms with van der Waals surface area (Å²) in [5.41, 5.74) is 0.833. The van der Waals surface area contributed by atoms with E-state index in [4.69, 9.17) is 21.1 Å². The summed E-state index contributed by atoms with van der Waals surface area (Å²) >= 11 is 5.88. The highest BCUT2D eigenvalue weighted by Gasteiger charge is 2.23. The predicted octanol–water partition coefficient (Wildman–Crippen LogP) is 2.77. The molecule has 1 atom stereocenters. The van der Waals surface area contributed by atoms with Crippen LogP contribution in [0.1, 0.15) is 25.5 Å². The largest absolute Gasteiger partial charge is 0.393 e. The average Bonchev–Trinajstić information content (AvgIpc) is 2.26. The van der Waals surface area contributed by atoms with Crippen LogP contribution in [0.5, 0.6) is 0 Å². The minimum absolute atomic E-state index is 0.118. The number of hydrogen-bond donors (Lipinski definition) is 1. The number of aliphatic hydroxyl groups excluding tert-OH is 1. The third kappa shape index (κ3) is 3.76. The van der Waals surface area contributed by atoms with E-state index in [1.807, 2.05) is 12.1 Å². The molecule has 0 spiro atoms. The molecule has 0 saturated carbocycles. The monoisotopic (exact) mass is 244 g/mol. The Morgan fingerprint density at radius 1 is 1.44 bits per heavy atom. The number of benzene rings is 1. The Hall–Kier alpha value is -0.610. The van der Waals surface area contributed by atoms with Crippen molar-refractivity contribution in [1.29, 1.82) is 0 Å². The fraction of sp³-hybridized carbons (Fsp3) is 0.500. The molecule has 90 valence electrons. The first-order valence-electron chi connectivity index (χ1n) is 5.08. The minimum atomic E-state index is -0.740. The second-order valence-electron chi connectivity index (χ2n) is 3.95. The first-order chi connectivity index (χ1) is 7.48. The highest BCUT2D eigenvalue weighted by molar-refractivity contribution is 6.30. The summed E-state index contributed by atoms with van der Waals surface area (Å²) in [5.74, 6) is -0.740. The molecule has 4 heteroatoms. The van der Waals surface area contributed by atoms with Crippen LogP contribution in [0.4, 0.5) is 0 Å². The summed E-state index contributed by atoms with van der Waals surface area (Å²) in [6.45, 7) is 3.47. The van der Waals surface area contributed by atoms with Crippen molar-refractivity contribution in [1.82, 2.24) is 0 Å². The lowest BCUT2D eigenvalue weighted by Crippen LogP contribution is -2.30. The Morgan fingerprint density at radius 3 is 2.62 bits per heavy atom. The number of rotatable bonds is 5. The van der Waals surface area contributed by atoms with Gasteiger partial charge in [0.25, 0.3) is 0 Å². The summed E-state index contributed by atoms with van der Waals surface area (Å²) < 4.78 is 10.8. The van der Waals surface area contributed by atoms with Gasteiger partial charge >= 0.3 is 0 Å². The molecular formula is C12H17ClO3. The molecule has 0 bridgehead atoms. The Bertz CT molecular complexity index is 339. The van der Waals surface area contributed by atoms with E-state index in [0.29, 0.717) is 5.02 Å². The van der Waals surface area contributed by atoms with Gasteiger partial charge in [-0.1, -0.05) is 23.7 Å². The summed E-state index contributed by atoms with van der Waals surface area (Å²) in [6, 6.07) is 7.23. The first kappa shape index (κ1) is 13.5. The topological polar surface area (TPSA) is 38.7 Å². The van der Waals surface area contributed by atoms with Crippen molar-refractivity contribution in [3.63, 3.8) is 0 Å². The van der Waals surface area contributed by atoms with Crippen LogP contribution in [0.3, 0.4) is 0 Å². The lowest BCUT2D eigenvalue weighted by atomic mass is 10.1. The molecule has 0 fully saturated rings. The third-order valence-corrected chi connectivity index (χ3v) is 2.54. The molecule has 1 aromatic carbocycles. The van der Waals surface area contributed by atoms with E-state index in [1.54, 1.807) is 33.1 Å². The van der Waals surface area contributed by atoms with Gasteiger partial charge in [-0.3, -0.25) is 0 Å². The maximum Gasteiger partial charge on any atom is 0.163 e. The summed E-state index contributed by atoms with van der Waals surface area (Å²) in [6.07, 6.45) is -0.436. The van der Waals surface area contributed by atoms with Crippen LogP contribution in [0.25, 0.3) is 0 Å². The number of hydrogen-bond acceptors (Lipinski definition) is 3. The molecule has 0 aliphatic heterocycles. The number of ether oxygens (including phenoxy) is 2. The van der Waals surface area contributed by atoms with Gasteiger partial charge in [0.05, 0.1) is 6.61 Å². The zero-order chi connectivity index (χ0) is 12.2. The Morgan fingerprint density at radius 2 is 2.12 bits per heavy atom. The molecule has 0 aliphatic rings. The van der Waals surface area contributed by atoms with Gasteiger partial charge in [0.2, 0.25) is 0 Å². The van der Waals surface area contributed by atoms with Gasteiger partial charge in [-0.15, -0.1) is 0 Å². The zero-order valence-corrected chi connectivity index (χ0v) is 10.5. The molecule has 1 aromatic rings. The molecule has 0 aliphatic carbocycles. The van der Waals surface area contributed by atoms with E-state index >= 15 is 0 Å². The van der Waals surface area contributed by atoms with Gasteiger partial charge in [0.15, 0.2) is 5.79 Å². The van der Waals surface area contributed by atoms with Crippen molar-refractivity contribution >= 4 is 11.6 Å². The van der Waals surface area contributed by atoms with Crippen LogP contribution < -0.4 is 0 Å². The van der Waals surface area contributed by atoms with Gasteiger partial charge in [-0.05, 0) is 31.5 Å². The molecule has 16 heavy (non-hydrogen) atoms. The van der Waals surface area contributed by atoms with Crippen LogP contribution >= 0.6 is 11.6 Å². The van der Waals surface area contributed by atoms with E-state index in [2.05, 4.69) is 0 Å². The fourth-order valence-corrected chi connectivity index (χ4v) is 1.51. The van der Waals surface area contributed by atoms with Crippen molar-refractivity contribution in [3.05, 3.63) is 34.9 Å². The average molecular weight is 245 g/mol. The third-order valence-electron chi connectivity index (χ3n) is 2.30.